The lowest BCUT2D eigenvalue weighted by Crippen LogP contribution is -2.40. The van der Waals surface area contributed by atoms with Gasteiger partial charge in [0.1, 0.15) is 0 Å². The third kappa shape index (κ3) is 1.92. The van der Waals surface area contributed by atoms with Crippen LogP contribution in [0.25, 0.3) is 0 Å². The quantitative estimate of drug-likeness (QED) is 0.658. The second-order valence-electron chi connectivity index (χ2n) is 3.84. The Kier molecular flexibility index (Phi) is 3.06. The molecule has 1 atom stereocenters. The van der Waals surface area contributed by atoms with Gasteiger partial charge >= 0.3 is 0 Å². The molecule has 0 aromatic carbocycles. The minimum Gasteiger partial charge on any atom is -0.338 e. The highest BCUT2D eigenvalue weighted by Crippen LogP contribution is 2.28. The number of fused-ring (bicyclic) bond motifs is 1. The van der Waals surface area contributed by atoms with Gasteiger partial charge in [-0.2, -0.15) is 0 Å². The Morgan fingerprint density at radius 3 is 3.29 bits per heavy atom. The Hall–Kier alpha value is -0.570. The van der Waals surface area contributed by atoms with Crippen LogP contribution >= 0.6 is 15.9 Å². The van der Waals surface area contributed by atoms with E-state index in [0.29, 0.717) is 11.2 Å². The molecule has 76 valence electrons. The van der Waals surface area contributed by atoms with Gasteiger partial charge in [0.15, 0.2) is 0 Å². The maximum atomic E-state index is 11.5. The SMILES string of the molecule is O=C(CBr)N1CCC2CC=CC=C2C1. The molecule has 2 rings (SSSR count). The minimum absolute atomic E-state index is 0.207. The van der Waals surface area contributed by atoms with Gasteiger partial charge in [0.05, 0.1) is 5.33 Å². The van der Waals surface area contributed by atoms with Crippen molar-refractivity contribution in [2.75, 3.05) is 18.4 Å². The molecule has 1 aliphatic carbocycles. The number of nitrogens with zero attached hydrogens (tertiary/aromatic N) is 1. The van der Waals surface area contributed by atoms with E-state index < -0.39 is 0 Å². The number of rotatable bonds is 1. The number of likely N-dealkylation sites (tertiary alicyclic amines) is 1. The van der Waals surface area contributed by atoms with E-state index in [4.69, 9.17) is 0 Å². The Labute approximate surface area is 92.8 Å². The Balaban J connectivity index is 2.05. The molecule has 0 spiro atoms. The number of hydrogen-bond acceptors (Lipinski definition) is 1. The van der Waals surface area contributed by atoms with Crippen LogP contribution in [0.5, 0.6) is 0 Å². The molecule has 1 heterocycles. The molecule has 1 saturated heterocycles. The predicted molar refractivity (Wildman–Crippen MR) is 60.3 cm³/mol. The fourth-order valence-electron chi connectivity index (χ4n) is 2.12. The molecule has 0 saturated carbocycles. The monoisotopic (exact) mass is 255 g/mol. The maximum absolute atomic E-state index is 11.5. The number of hydrogen-bond donors (Lipinski definition) is 0. The van der Waals surface area contributed by atoms with Crippen molar-refractivity contribution in [1.29, 1.82) is 0 Å². The second kappa shape index (κ2) is 4.30. The number of piperidine rings is 1. The molecule has 1 aliphatic heterocycles. The normalized spacial score (nSPS) is 25.6. The largest absolute Gasteiger partial charge is 0.338 e. The van der Waals surface area contributed by atoms with E-state index in [1.165, 1.54) is 5.57 Å². The number of carbonyl (C=O) groups is 1. The zero-order chi connectivity index (χ0) is 9.97. The summed E-state index contributed by atoms with van der Waals surface area (Å²) in [5.41, 5.74) is 1.42. The van der Waals surface area contributed by atoms with E-state index in [0.717, 1.165) is 25.9 Å². The molecule has 3 heteroatoms. The Morgan fingerprint density at radius 1 is 1.64 bits per heavy atom. The predicted octanol–water partition coefficient (Wildman–Crippen LogP) is 2.12. The summed E-state index contributed by atoms with van der Waals surface area (Å²) in [5.74, 6) is 0.901. The van der Waals surface area contributed by atoms with Crippen LogP contribution in [0.4, 0.5) is 0 Å². The number of allylic oxidation sites excluding steroid dienone is 3. The van der Waals surface area contributed by atoms with Gasteiger partial charge in [0, 0.05) is 13.1 Å². The van der Waals surface area contributed by atoms with Crippen LogP contribution in [0.2, 0.25) is 0 Å². The van der Waals surface area contributed by atoms with Gasteiger partial charge in [0.2, 0.25) is 5.91 Å². The van der Waals surface area contributed by atoms with E-state index in [9.17, 15) is 4.79 Å². The molecule has 0 bridgehead atoms. The van der Waals surface area contributed by atoms with Crippen LogP contribution in [0, 0.1) is 5.92 Å². The van der Waals surface area contributed by atoms with E-state index in [2.05, 4.69) is 34.2 Å². The lowest BCUT2D eigenvalue weighted by molar-refractivity contribution is -0.128. The first kappa shape index (κ1) is 9.97. The van der Waals surface area contributed by atoms with E-state index in [1.807, 2.05) is 4.90 Å². The van der Waals surface area contributed by atoms with Crippen molar-refractivity contribution in [2.24, 2.45) is 5.92 Å². The Morgan fingerprint density at radius 2 is 2.50 bits per heavy atom. The van der Waals surface area contributed by atoms with E-state index in [-0.39, 0.29) is 5.91 Å². The molecule has 0 aromatic rings. The summed E-state index contributed by atoms with van der Waals surface area (Å²) < 4.78 is 0. The average Bonchev–Trinajstić information content (AvgIpc) is 2.27. The number of halogens is 1. The minimum atomic E-state index is 0.207. The summed E-state index contributed by atoms with van der Waals surface area (Å²) in [7, 11) is 0. The first-order valence-electron chi connectivity index (χ1n) is 5.00. The third-order valence-electron chi connectivity index (χ3n) is 2.98. The molecule has 0 aromatic heterocycles. The molecule has 14 heavy (non-hydrogen) atoms. The fraction of sp³-hybridized carbons (Fsp3) is 0.545. The van der Waals surface area contributed by atoms with Gasteiger partial charge in [-0.1, -0.05) is 34.2 Å². The van der Waals surface area contributed by atoms with Crippen molar-refractivity contribution in [2.45, 2.75) is 12.8 Å². The summed E-state index contributed by atoms with van der Waals surface area (Å²) in [6.07, 6.45) is 8.77. The van der Waals surface area contributed by atoms with E-state index >= 15 is 0 Å². The summed E-state index contributed by atoms with van der Waals surface area (Å²) in [6.45, 7) is 1.75. The maximum Gasteiger partial charge on any atom is 0.233 e. The van der Waals surface area contributed by atoms with Gasteiger partial charge in [-0.3, -0.25) is 4.79 Å². The number of amides is 1. The van der Waals surface area contributed by atoms with Crippen molar-refractivity contribution in [3.63, 3.8) is 0 Å². The lowest BCUT2D eigenvalue weighted by Gasteiger charge is -2.34. The third-order valence-corrected chi connectivity index (χ3v) is 3.46. The number of alkyl halides is 1. The first-order chi connectivity index (χ1) is 6.81. The van der Waals surface area contributed by atoms with Gasteiger partial charge in [-0.25, -0.2) is 0 Å². The molecular formula is C11H14BrNO. The van der Waals surface area contributed by atoms with Crippen LogP contribution in [-0.4, -0.2) is 29.2 Å². The van der Waals surface area contributed by atoms with Crippen molar-refractivity contribution in [3.8, 4) is 0 Å². The topological polar surface area (TPSA) is 20.3 Å². The molecule has 0 N–H and O–H groups in total. The zero-order valence-electron chi connectivity index (χ0n) is 8.08. The van der Waals surface area contributed by atoms with Crippen molar-refractivity contribution in [3.05, 3.63) is 23.8 Å². The molecule has 2 aliphatic rings. The lowest BCUT2D eigenvalue weighted by atomic mass is 9.85. The molecule has 2 nitrogen and oxygen atoms in total. The van der Waals surface area contributed by atoms with Crippen LogP contribution in [0.15, 0.2) is 23.8 Å². The first-order valence-corrected chi connectivity index (χ1v) is 6.12. The fourth-order valence-corrected chi connectivity index (χ4v) is 2.47. The standard InChI is InChI=1S/C11H14BrNO/c12-7-11(14)13-6-5-9-3-1-2-4-10(9)8-13/h1-2,4,9H,3,5-8H2. The zero-order valence-corrected chi connectivity index (χ0v) is 9.66. The van der Waals surface area contributed by atoms with Crippen molar-refractivity contribution in [1.82, 2.24) is 4.90 Å². The molecule has 1 unspecified atom stereocenters. The van der Waals surface area contributed by atoms with Crippen molar-refractivity contribution < 1.29 is 4.79 Å². The summed E-state index contributed by atoms with van der Waals surface area (Å²) in [5, 5.41) is 0.445. The number of carbonyl (C=O) groups excluding carboxylic acids is 1. The average molecular weight is 256 g/mol. The summed E-state index contributed by atoms with van der Waals surface area (Å²) >= 11 is 3.21. The summed E-state index contributed by atoms with van der Waals surface area (Å²) in [6, 6.07) is 0. The van der Waals surface area contributed by atoms with Crippen molar-refractivity contribution >= 4 is 21.8 Å². The highest BCUT2D eigenvalue weighted by molar-refractivity contribution is 9.09. The van der Waals surface area contributed by atoms with Gasteiger partial charge < -0.3 is 4.90 Å². The molecule has 1 fully saturated rings. The van der Waals surface area contributed by atoms with Crippen LogP contribution in [0.1, 0.15) is 12.8 Å². The van der Waals surface area contributed by atoms with Crippen LogP contribution < -0.4 is 0 Å². The van der Waals surface area contributed by atoms with Gasteiger partial charge in [0.25, 0.3) is 0 Å². The smallest absolute Gasteiger partial charge is 0.233 e. The molecular weight excluding hydrogens is 242 g/mol. The highest BCUT2D eigenvalue weighted by Gasteiger charge is 2.25. The van der Waals surface area contributed by atoms with Crippen LogP contribution in [0.3, 0.4) is 0 Å². The van der Waals surface area contributed by atoms with Crippen LogP contribution in [-0.2, 0) is 4.79 Å². The highest BCUT2D eigenvalue weighted by atomic mass is 79.9. The van der Waals surface area contributed by atoms with E-state index in [1.54, 1.807) is 0 Å². The molecule has 0 radical (unpaired) electrons. The Bertz CT molecular complexity index is 296. The summed E-state index contributed by atoms with van der Waals surface area (Å²) in [4.78, 5) is 13.4. The van der Waals surface area contributed by atoms with Gasteiger partial charge in [-0.15, -0.1) is 0 Å². The molecule has 1 amide bonds. The van der Waals surface area contributed by atoms with Gasteiger partial charge in [-0.05, 0) is 24.3 Å². The second-order valence-corrected chi connectivity index (χ2v) is 4.40.